The lowest BCUT2D eigenvalue weighted by molar-refractivity contribution is -0.141. The van der Waals surface area contributed by atoms with Crippen LogP contribution >= 0.6 is 0 Å². The van der Waals surface area contributed by atoms with E-state index in [0.29, 0.717) is 0 Å². The molecule has 1 aliphatic rings. The second-order valence-electron chi connectivity index (χ2n) is 4.08. The van der Waals surface area contributed by atoms with Gasteiger partial charge in [0.1, 0.15) is 6.10 Å². The van der Waals surface area contributed by atoms with E-state index in [0.717, 1.165) is 0 Å². The zero-order valence-electron chi connectivity index (χ0n) is 9.07. The Morgan fingerprint density at radius 1 is 0.944 bits per heavy atom. The average molecular weight is 266 g/mol. The average Bonchev–Trinajstić information content (AvgIpc) is 2.64. The Morgan fingerprint density at radius 3 is 1.78 bits per heavy atom. The number of ether oxygens (including phenoxy) is 1. The van der Waals surface area contributed by atoms with Gasteiger partial charge in [-0.2, -0.15) is 0 Å². The molecule has 98 valence electrons. The molecule has 2 atom stereocenters. The van der Waals surface area contributed by atoms with Gasteiger partial charge in [0.2, 0.25) is 5.82 Å². The Hall–Kier alpha value is -1.66. The first-order valence-electron chi connectivity index (χ1n) is 5.05. The SMILES string of the molecule is C[C@@H]1CC(=O)O[C@H]1c1c(F)c(F)c(F)c(F)c1F. The molecule has 0 saturated carbocycles. The summed E-state index contributed by atoms with van der Waals surface area (Å²) in [5.41, 5.74) is -1.09. The summed E-state index contributed by atoms with van der Waals surface area (Å²) in [6, 6.07) is 0. The van der Waals surface area contributed by atoms with E-state index in [1.165, 1.54) is 6.92 Å². The van der Waals surface area contributed by atoms with Crippen LogP contribution in [0.5, 0.6) is 0 Å². The fourth-order valence-electron chi connectivity index (χ4n) is 1.89. The zero-order chi connectivity index (χ0) is 13.6. The van der Waals surface area contributed by atoms with Gasteiger partial charge in [0.05, 0.1) is 12.0 Å². The maximum Gasteiger partial charge on any atom is 0.306 e. The van der Waals surface area contributed by atoms with E-state index in [-0.39, 0.29) is 6.42 Å². The molecule has 0 radical (unpaired) electrons. The predicted octanol–water partition coefficient (Wildman–Crippen LogP) is 3.01. The Labute approximate surface area is 98.4 Å². The van der Waals surface area contributed by atoms with Gasteiger partial charge in [0.25, 0.3) is 0 Å². The highest BCUT2D eigenvalue weighted by Crippen LogP contribution is 2.39. The lowest BCUT2D eigenvalue weighted by Gasteiger charge is -2.16. The number of rotatable bonds is 1. The van der Waals surface area contributed by atoms with Gasteiger partial charge in [-0.25, -0.2) is 22.0 Å². The van der Waals surface area contributed by atoms with Gasteiger partial charge in [-0.1, -0.05) is 6.92 Å². The molecule has 1 aliphatic heterocycles. The molecular formula is C11H7F5O2. The van der Waals surface area contributed by atoms with E-state index in [1.807, 2.05) is 0 Å². The molecule has 0 aliphatic carbocycles. The number of halogens is 5. The first kappa shape index (κ1) is 12.8. The Balaban J connectivity index is 2.61. The molecule has 2 nitrogen and oxygen atoms in total. The van der Waals surface area contributed by atoms with E-state index in [9.17, 15) is 26.7 Å². The maximum absolute atomic E-state index is 13.4. The smallest absolute Gasteiger partial charge is 0.306 e. The van der Waals surface area contributed by atoms with Crippen LogP contribution in [-0.4, -0.2) is 5.97 Å². The number of cyclic esters (lactones) is 1. The molecule has 1 heterocycles. The van der Waals surface area contributed by atoms with Crippen molar-refractivity contribution >= 4 is 5.97 Å². The second kappa shape index (κ2) is 4.22. The minimum atomic E-state index is -2.23. The summed E-state index contributed by atoms with van der Waals surface area (Å²) >= 11 is 0. The van der Waals surface area contributed by atoms with Crippen molar-refractivity contribution in [3.63, 3.8) is 0 Å². The third-order valence-electron chi connectivity index (χ3n) is 2.79. The molecule has 1 saturated heterocycles. The summed E-state index contributed by atoms with van der Waals surface area (Å²) in [7, 11) is 0. The lowest BCUT2D eigenvalue weighted by Crippen LogP contribution is -2.14. The Morgan fingerprint density at radius 2 is 1.39 bits per heavy atom. The van der Waals surface area contributed by atoms with E-state index >= 15 is 0 Å². The molecule has 0 spiro atoms. The molecule has 7 heteroatoms. The van der Waals surface area contributed by atoms with Crippen LogP contribution in [0.15, 0.2) is 0 Å². The standard InChI is InChI=1S/C11H7F5O2/c1-3-2-4(17)18-11(3)5-6(12)8(14)10(16)9(15)7(5)13/h3,11H,2H2,1H3/t3-,11-/m1/s1. The van der Waals surface area contributed by atoms with Crippen LogP contribution in [0, 0.1) is 35.0 Å². The first-order valence-corrected chi connectivity index (χ1v) is 5.05. The van der Waals surface area contributed by atoms with Crippen LogP contribution in [0.25, 0.3) is 0 Å². The van der Waals surface area contributed by atoms with Crippen LogP contribution in [0.1, 0.15) is 25.0 Å². The molecule has 1 aromatic rings. The summed E-state index contributed by atoms with van der Waals surface area (Å²) in [5, 5.41) is 0. The maximum atomic E-state index is 13.4. The highest BCUT2D eigenvalue weighted by molar-refractivity contribution is 5.72. The fraction of sp³-hybridized carbons (Fsp3) is 0.364. The van der Waals surface area contributed by atoms with E-state index in [1.54, 1.807) is 0 Å². The molecule has 0 aromatic heterocycles. The minimum Gasteiger partial charge on any atom is -0.457 e. The largest absolute Gasteiger partial charge is 0.457 e. The number of hydrogen-bond donors (Lipinski definition) is 0. The van der Waals surface area contributed by atoms with Gasteiger partial charge in [-0.15, -0.1) is 0 Å². The fourth-order valence-corrected chi connectivity index (χ4v) is 1.89. The summed E-state index contributed by atoms with van der Waals surface area (Å²) in [6.45, 7) is 1.42. The van der Waals surface area contributed by atoms with Crippen molar-refractivity contribution in [2.24, 2.45) is 5.92 Å². The molecular weight excluding hydrogens is 259 g/mol. The zero-order valence-corrected chi connectivity index (χ0v) is 9.07. The van der Waals surface area contributed by atoms with Crippen molar-refractivity contribution in [2.75, 3.05) is 0 Å². The molecule has 0 bridgehead atoms. The van der Waals surface area contributed by atoms with E-state index < -0.39 is 52.6 Å². The molecule has 0 unspecified atom stereocenters. The highest BCUT2D eigenvalue weighted by Gasteiger charge is 2.39. The van der Waals surface area contributed by atoms with Gasteiger partial charge in [0, 0.05) is 5.92 Å². The summed E-state index contributed by atoms with van der Waals surface area (Å²) in [4.78, 5) is 11.0. The quantitative estimate of drug-likeness (QED) is 0.338. The third-order valence-corrected chi connectivity index (χ3v) is 2.79. The van der Waals surface area contributed by atoms with Crippen molar-refractivity contribution in [1.82, 2.24) is 0 Å². The summed E-state index contributed by atoms with van der Waals surface area (Å²) < 4.78 is 70.3. The molecule has 1 fully saturated rings. The van der Waals surface area contributed by atoms with E-state index in [2.05, 4.69) is 4.74 Å². The van der Waals surface area contributed by atoms with Gasteiger partial charge in [0.15, 0.2) is 23.3 Å². The van der Waals surface area contributed by atoms with Crippen molar-refractivity contribution in [2.45, 2.75) is 19.4 Å². The molecule has 0 N–H and O–H groups in total. The normalized spacial score (nSPS) is 23.3. The number of carbonyl (C=O) groups is 1. The number of benzene rings is 1. The van der Waals surface area contributed by atoms with Crippen molar-refractivity contribution in [3.8, 4) is 0 Å². The van der Waals surface area contributed by atoms with Crippen LogP contribution in [0.3, 0.4) is 0 Å². The summed E-state index contributed by atoms with van der Waals surface area (Å²) in [6.07, 6.45) is -1.59. The molecule has 0 amide bonds. The molecule has 2 rings (SSSR count). The van der Waals surface area contributed by atoms with Crippen molar-refractivity contribution in [3.05, 3.63) is 34.6 Å². The highest BCUT2D eigenvalue weighted by atomic mass is 19.2. The van der Waals surface area contributed by atoms with Gasteiger partial charge >= 0.3 is 5.97 Å². The predicted molar refractivity (Wildman–Crippen MR) is 48.8 cm³/mol. The molecule has 1 aromatic carbocycles. The topological polar surface area (TPSA) is 26.3 Å². The number of esters is 1. The summed E-state index contributed by atoms with van der Waals surface area (Å²) in [5.74, 6) is -11.6. The third kappa shape index (κ3) is 1.74. The second-order valence-corrected chi connectivity index (χ2v) is 4.08. The van der Waals surface area contributed by atoms with Gasteiger partial charge in [-0.3, -0.25) is 4.79 Å². The number of carbonyl (C=O) groups excluding carboxylic acids is 1. The van der Waals surface area contributed by atoms with E-state index in [4.69, 9.17) is 0 Å². The number of hydrogen-bond acceptors (Lipinski definition) is 2. The first-order chi connectivity index (χ1) is 8.34. The van der Waals surface area contributed by atoms with Gasteiger partial charge < -0.3 is 4.74 Å². The van der Waals surface area contributed by atoms with Crippen LogP contribution in [-0.2, 0) is 9.53 Å². The van der Waals surface area contributed by atoms with Crippen molar-refractivity contribution < 1.29 is 31.5 Å². The molecule has 18 heavy (non-hydrogen) atoms. The monoisotopic (exact) mass is 266 g/mol. The van der Waals surface area contributed by atoms with Crippen LogP contribution < -0.4 is 0 Å². The Kier molecular flexibility index (Phi) is 3.00. The van der Waals surface area contributed by atoms with Crippen molar-refractivity contribution in [1.29, 1.82) is 0 Å². The lowest BCUT2D eigenvalue weighted by atomic mass is 9.96. The van der Waals surface area contributed by atoms with Gasteiger partial charge in [-0.05, 0) is 0 Å². The van der Waals surface area contributed by atoms with Crippen LogP contribution in [0.4, 0.5) is 22.0 Å². The Bertz CT molecular complexity index is 500. The van der Waals surface area contributed by atoms with Crippen LogP contribution in [0.2, 0.25) is 0 Å². The minimum absolute atomic E-state index is 0.135.